The van der Waals surface area contributed by atoms with E-state index in [0.717, 1.165) is 15.6 Å². The molecule has 0 spiro atoms. The topological polar surface area (TPSA) is 67.3 Å². The Morgan fingerprint density at radius 3 is 2.80 bits per heavy atom. The summed E-state index contributed by atoms with van der Waals surface area (Å²) in [4.78, 5) is 0. The van der Waals surface area contributed by atoms with Gasteiger partial charge in [-0.05, 0) is 39.0 Å². The molecule has 0 bridgehead atoms. The predicted octanol–water partition coefficient (Wildman–Crippen LogP) is 2.76. The quantitative estimate of drug-likeness (QED) is 0.711. The number of aliphatic hydroxyl groups excluding tert-OH is 1. The number of hydrogen-bond acceptors (Lipinski definition) is 6. The number of benzene rings is 1. The van der Waals surface area contributed by atoms with Crippen molar-refractivity contribution < 1.29 is 9.84 Å². The van der Waals surface area contributed by atoms with Crippen molar-refractivity contribution in [1.29, 1.82) is 0 Å². The van der Waals surface area contributed by atoms with Gasteiger partial charge in [-0.15, -0.1) is 16.6 Å². The van der Waals surface area contributed by atoms with Crippen LogP contribution in [-0.4, -0.2) is 40.1 Å². The number of terminal acetylenes is 1. The molecule has 0 saturated carbocycles. The zero-order valence-electron chi connectivity index (χ0n) is 14.7. The molecule has 0 saturated heterocycles. The van der Waals surface area contributed by atoms with Crippen LogP contribution in [0.3, 0.4) is 0 Å². The lowest BCUT2D eigenvalue weighted by Gasteiger charge is -2.22. The molecule has 5 nitrogen and oxygen atoms in total. The fourth-order valence-electron chi connectivity index (χ4n) is 1.96. The average Bonchev–Trinajstić information content (AvgIpc) is 3.02. The van der Waals surface area contributed by atoms with E-state index in [1.807, 2.05) is 57.2 Å². The number of nitrogens with zero attached hydrogens (tertiary/aromatic N) is 2. The fraction of sp³-hybridized carbons (Fsp3) is 0.368. The monoisotopic (exact) mass is 357 g/mol. The molecule has 2 rings (SSSR count). The Bertz CT molecular complexity index is 762. The molecule has 6 heteroatoms. The predicted molar refractivity (Wildman–Crippen MR) is 102 cm³/mol. The summed E-state index contributed by atoms with van der Waals surface area (Å²) in [6.45, 7) is 6.23. The molecule has 25 heavy (non-hydrogen) atoms. The number of ether oxygens (including phenoxy) is 1. The van der Waals surface area contributed by atoms with Gasteiger partial charge in [0.05, 0.1) is 5.54 Å². The number of β-amino-alcohol motifs (C(OH)–C–C–N with tert-alkyl or cyclic N) is 1. The highest BCUT2D eigenvalue weighted by molar-refractivity contribution is 7.12. The Kier molecular flexibility index (Phi) is 6.71. The minimum atomic E-state index is -0.657. The van der Waals surface area contributed by atoms with Gasteiger partial charge < -0.3 is 9.84 Å². The van der Waals surface area contributed by atoms with Crippen LogP contribution in [0.1, 0.15) is 29.4 Å². The van der Waals surface area contributed by atoms with Crippen molar-refractivity contribution in [3.8, 4) is 18.1 Å². The third-order valence-electron chi connectivity index (χ3n) is 3.44. The summed E-state index contributed by atoms with van der Waals surface area (Å²) in [5.74, 6) is 3.34. The van der Waals surface area contributed by atoms with E-state index < -0.39 is 11.6 Å². The van der Waals surface area contributed by atoms with Crippen molar-refractivity contribution in [2.45, 2.75) is 32.4 Å². The Hall–Kier alpha value is -2.20. The van der Waals surface area contributed by atoms with Gasteiger partial charge in [0, 0.05) is 12.1 Å². The number of hydrogen-bond donors (Lipinski definition) is 2. The average molecular weight is 357 g/mol. The van der Waals surface area contributed by atoms with Crippen LogP contribution in [0.2, 0.25) is 0 Å². The van der Waals surface area contributed by atoms with Crippen molar-refractivity contribution in [1.82, 2.24) is 15.5 Å². The van der Waals surface area contributed by atoms with Crippen LogP contribution in [0.4, 0.5) is 0 Å². The van der Waals surface area contributed by atoms with E-state index in [9.17, 15) is 5.11 Å². The van der Waals surface area contributed by atoms with Crippen LogP contribution < -0.4 is 10.1 Å². The molecular formula is C19H23N3O2S. The first-order valence-corrected chi connectivity index (χ1v) is 8.82. The summed E-state index contributed by atoms with van der Waals surface area (Å²) in [7, 11) is 0. The zero-order chi connectivity index (χ0) is 18.3. The number of para-hydroxylation sites is 1. The van der Waals surface area contributed by atoms with Crippen LogP contribution in [0.5, 0.6) is 5.75 Å². The standard InChI is InChI=1S/C19H23N3O2S/c1-5-19(3,4)20-12-16(23)13-24-17-9-7-6-8-15(17)10-11-18-22-21-14(2)25-18/h1,6-11,16,20,23H,12-13H2,2-4H3. The summed E-state index contributed by atoms with van der Waals surface area (Å²) >= 11 is 1.53. The minimum Gasteiger partial charge on any atom is -0.490 e. The van der Waals surface area contributed by atoms with Gasteiger partial charge in [-0.1, -0.05) is 35.5 Å². The Labute approximate surface area is 152 Å². The highest BCUT2D eigenvalue weighted by Crippen LogP contribution is 2.21. The Morgan fingerprint density at radius 2 is 2.12 bits per heavy atom. The van der Waals surface area contributed by atoms with Crippen molar-refractivity contribution >= 4 is 23.5 Å². The van der Waals surface area contributed by atoms with E-state index in [4.69, 9.17) is 11.2 Å². The number of aliphatic hydroxyl groups is 1. The first kappa shape index (κ1) is 19.1. The maximum atomic E-state index is 10.1. The van der Waals surface area contributed by atoms with Gasteiger partial charge in [-0.2, -0.15) is 0 Å². The van der Waals surface area contributed by atoms with Gasteiger partial charge in [-0.3, -0.25) is 5.32 Å². The summed E-state index contributed by atoms with van der Waals surface area (Å²) in [6, 6.07) is 7.65. The molecule has 0 radical (unpaired) electrons. The van der Waals surface area contributed by atoms with Crippen LogP contribution in [0.15, 0.2) is 24.3 Å². The molecule has 0 aliphatic rings. The van der Waals surface area contributed by atoms with Gasteiger partial charge in [0.15, 0.2) is 0 Å². The van der Waals surface area contributed by atoms with Crippen LogP contribution in [-0.2, 0) is 0 Å². The minimum absolute atomic E-state index is 0.177. The first-order chi connectivity index (χ1) is 11.9. The van der Waals surface area contributed by atoms with Gasteiger partial charge in [0.25, 0.3) is 0 Å². The largest absolute Gasteiger partial charge is 0.490 e. The summed E-state index contributed by atoms with van der Waals surface area (Å²) in [5, 5.41) is 23.0. The molecule has 1 unspecified atom stereocenters. The molecule has 0 fully saturated rings. The number of aryl methyl sites for hydroxylation is 1. The second kappa shape index (κ2) is 8.77. The maximum Gasteiger partial charge on any atom is 0.140 e. The van der Waals surface area contributed by atoms with Crippen molar-refractivity contribution in [2.75, 3.05) is 13.2 Å². The van der Waals surface area contributed by atoms with Gasteiger partial charge in [0.2, 0.25) is 0 Å². The molecule has 2 aromatic rings. The van der Waals surface area contributed by atoms with Gasteiger partial charge in [-0.25, -0.2) is 0 Å². The Balaban J connectivity index is 1.94. The third-order valence-corrected chi connectivity index (χ3v) is 4.24. The second-order valence-corrected chi connectivity index (χ2v) is 7.36. The lowest BCUT2D eigenvalue weighted by atomic mass is 10.1. The molecule has 1 atom stereocenters. The summed E-state index contributed by atoms with van der Waals surface area (Å²) in [5.41, 5.74) is 0.459. The molecule has 0 amide bonds. The number of rotatable bonds is 8. The molecule has 0 aliphatic heterocycles. The van der Waals surface area contributed by atoms with E-state index >= 15 is 0 Å². The van der Waals surface area contributed by atoms with Crippen LogP contribution in [0, 0.1) is 19.3 Å². The molecule has 1 heterocycles. The van der Waals surface area contributed by atoms with Gasteiger partial charge >= 0.3 is 0 Å². The van der Waals surface area contributed by atoms with E-state index in [0.29, 0.717) is 12.3 Å². The zero-order valence-corrected chi connectivity index (χ0v) is 15.5. The van der Waals surface area contributed by atoms with E-state index in [2.05, 4.69) is 21.4 Å². The molecule has 1 aromatic carbocycles. The van der Waals surface area contributed by atoms with Crippen LogP contribution in [0.25, 0.3) is 12.2 Å². The highest BCUT2D eigenvalue weighted by atomic mass is 32.1. The molecule has 132 valence electrons. The van der Waals surface area contributed by atoms with E-state index in [1.165, 1.54) is 11.3 Å². The van der Waals surface area contributed by atoms with Crippen LogP contribution >= 0.6 is 11.3 Å². The van der Waals surface area contributed by atoms with Crippen molar-refractivity contribution in [3.63, 3.8) is 0 Å². The molecule has 2 N–H and O–H groups in total. The smallest absolute Gasteiger partial charge is 0.140 e. The molecule has 1 aromatic heterocycles. The lowest BCUT2D eigenvalue weighted by molar-refractivity contribution is 0.102. The third kappa shape index (κ3) is 6.31. The van der Waals surface area contributed by atoms with Crippen molar-refractivity contribution in [2.24, 2.45) is 0 Å². The maximum absolute atomic E-state index is 10.1. The summed E-state index contributed by atoms with van der Waals surface area (Å²) < 4.78 is 5.77. The summed E-state index contributed by atoms with van der Waals surface area (Å²) in [6.07, 6.45) is 8.60. The molecule has 0 aliphatic carbocycles. The normalized spacial score (nSPS) is 12.9. The number of nitrogens with one attached hydrogen (secondary N) is 1. The SMILES string of the molecule is C#CC(C)(C)NCC(O)COc1ccccc1C=Cc1nnc(C)s1. The second-order valence-electron chi connectivity index (χ2n) is 6.15. The lowest BCUT2D eigenvalue weighted by Crippen LogP contribution is -2.43. The molecular weight excluding hydrogens is 334 g/mol. The van der Waals surface area contributed by atoms with E-state index in [-0.39, 0.29) is 6.61 Å². The van der Waals surface area contributed by atoms with Crippen molar-refractivity contribution in [3.05, 3.63) is 39.8 Å². The fourth-order valence-corrected chi connectivity index (χ4v) is 2.56. The van der Waals surface area contributed by atoms with Gasteiger partial charge in [0.1, 0.15) is 28.5 Å². The number of aromatic nitrogens is 2. The van der Waals surface area contributed by atoms with E-state index in [1.54, 1.807) is 0 Å². The highest BCUT2D eigenvalue weighted by Gasteiger charge is 2.15. The Morgan fingerprint density at radius 1 is 1.36 bits per heavy atom. The first-order valence-electron chi connectivity index (χ1n) is 8.00.